The highest BCUT2D eigenvalue weighted by atomic mass is 35.5. The molecule has 0 aliphatic rings. The number of amides is 2. The van der Waals surface area contributed by atoms with E-state index in [1.165, 1.54) is 24.1 Å². The summed E-state index contributed by atoms with van der Waals surface area (Å²) >= 11 is 6.25. The van der Waals surface area contributed by atoms with E-state index in [-0.39, 0.29) is 48.4 Å². The topological polar surface area (TPSA) is 118 Å². The number of carbonyl (C=O) groups is 2. The van der Waals surface area contributed by atoms with E-state index in [0.29, 0.717) is 18.7 Å². The quantitative estimate of drug-likeness (QED) is 0.174. The first kappa shape index (κ1) is 29.6. The minimum Gasteiger partial charge on any atom is -0.496 e. The van der Waals surface area contributed by atoms with Gasteiger partial charge >= 0.3 is 0 Å². The summed E-state index contributed by atoms with van der Waals surface area (Å²) in [5.74, 6) is -0.148. The van der Waals surface area contributed by atoms with Gasteiger partial charge in [0.05, 0.1) is 29.2 Å². The lowest BCUT2D eigenvalue weighted by molar-refractivity contribution is -0.384. The number of nitrogens with one attached hydrogen (secondary N) is 1. The molecule has 1 N–H and O–H groups in total. The van der Waals surface area contributed by atoms with Gasteiger partial charge in [-0.05, 0) is 30.2 Å². The number of aromatic amines is 1. The van der Waals surface area contributed by atoms with E-state index in [2.05, 4.69) is 4.98 Å². The van der Waals surface area contributed by atoms with Gasteiger partial charge in [-0.25, -0.2) is 0 Å². The van der Waals surface area contributed by atoms with Gasteiger partial charge < -0.3 is 24.3 Å². The molecule has 0 spiro atoms. The Kier molecular flexibility index (Phi) is 9.94. The van der Waals surface area contributed by atoms with Crippen molar-refractivity contribution in [2.75, 3.05) is 40.5 Å². The van der Waals surface area contributed by atoms with Crippen LogP contribution in [-0.2, 0) is 22.5 Å². The summed E-state index contributed by atoms with van der Waals surface area (Å²) in [5.41, 5.74) is 2.75. The number of nitrogens with zero attached hydrogens (tertiary/aromatic N) is 3. The maximum Gasteiger partial charge on any atom is 0.270 e. The molecule has 0 fully saturated rings. The number of ether oxygens (including phenoxy) is 2. The van der Waals surface area contributed by atoms with E-state index >= 15 is 0 Å². The molecule has 0 saturated heterocycles. The van der Waals surface area contributed by atoms with Gasteiger partial charge in [0.1, 0.15) is 12.3 Å². The molecule has 0 radical (unpaired) electrons. The van der Waals surface area contributed by atoms with Gasteiger partial charge in [0.15, 0.2) is 0 Å². The zero-order chi connectivity index (χ0) is 29.4. The molecule has 0 saturated carbocycles. The number of carbonyl (C=O) groups excluding carboxylic acids is 2. The van der Waals surface area contributed by atoms with Crippen LogP contribution in [0.25, 0.3) is 10.9 Å². The standard InChI is InChI=1S/C30H31ClN4O6/c1-40-16-15-34(30(37)25-12-11-23(35(38)39)17-26(25)31)20-29(36)33(19-22-7-3-6-10-28(22)41-2)14-13-21-18-32-27-9-5-4-8-24(21)27/h3-12,17-18,32H,13-16,19-20H2,1-2H3. The van der Waals surface area contributed by atoms with Crippen LogP contribution < -0.4 is 4.74 Å². The van der Waals surface area contributed by atoms with Crippen LogP contribution in [0.1, 0.15) is 21.5 Å². The van der Waals surface area contributed by atoms with Crippen LogP contribution in [0.15, 0.2) is 72.9 Å². The van der Waals surface area contributed by atoms with Crippen molar-refractivity contribution in [1.29, 1.82) is 0 Å². The van der Waals surface area contributed by atoms with Gasteiger partial charge in [0.2, 0.25) is 5.91 Å². The van der Waals surface area contributed by atoms with Gasteiger partial charge in [-0.1, -0.05) is 48.0 Å². The number of H-pyrrole nitrogens is 1. The number of fused-ring (bicyclic) bond motifs is 1. The summed E-state index contributed by atoms with van der Waals surface area (Å²) in [4.78, 5) is 44.2. The number of benzene rings is 3. The Morgan fingerprint density at radius 2 is 1.73 bits per heavy atom. The van der Waals surface area contributed by atoms with Gasteiger partial charge in [-0.15, -0.1) is 0 Å². The van der Waals surface area contributed by atoms with Crippen LogP contribution in [0.4, 0.5) is 5.69 Å². The summed E-state index contributed by atoms with van der Waals surface area (Å²) in [6, 6.07) is 19.1. The van der Waals surface area contributed by atoms with Crippen molar-refractivity contribution in [1.82, 2.24) is 14.8 Å². The molecular formula is C30H31ClN4O6. The first-order valence-corrected chi connectivity index (χ1v) is 13.4. The average Bonchev–Trinajstić information content (AvgIpc) is 3.40. The van der Waals surface area contributed by atoms with Crippen LogP contribution in [-0.4, -0.2) is 72.0 Å². The Balaban J connectivity index is 1.59. The van der Waals surface area contributed by atoms with Gasteiger partial charge in [0, 0.05) is 61.5 Å². The zero-order valence-electron chi connectivity index (χ0n) is 22.8. The predicted octanol–water partition coefficient (Wildman–Crippen LogP) is 5.10. The SMILES string of the molecule is COCCN(CC(=O)N(CCc1c[nH]c2ccccc12)Cc1ccccc1OC)C(=O)c1ccc([N+](=O)[O-])cc1Cl. The lowest BCUT2D eigenvalue weighted by Gasteiger charge is -2.28. The number of methoxy groups -OCH3 is 2. The van der Waals surface area contributed by atoms with Crippen LogP contribution in [0.3, 0.4) is 0 Å². The number of hydrogen-bond acceptors (Lipinski definition) is 6. The summed E-state index contributed by atoms with van der Waals surface area (Å²) < 4.78 is 10.7. The van der Waals surface area contributed by atoms with Crippen LogP contribution >= 0.6 is 11.6 Å². The van der Waals surface area contributed by atoms with E-state index in [1.807, 2.05) is 54.7 Å². The lowest BCUT2D eigenvalue weighted by Crippen LogP contribution is -2.44. The number of nitro groups is 1. The summed E-state index contributed by atoms with van der Waals surface area (Å²) in [7, 11) is 3.08. The molecule has 1 aromatic heterocycles. The van der Waals surface area contributed by atoms with Crippen LogP contribution in [0.5, 0.6) is 5.75 Å². The number of hydrogen-bond donors (Lipinski definition) is 1. The lowest BCUT2D eigenvalue weighted by atomic mass is 10.1. The predicted molar refractivity (Wildman–Crippen MR) is 156 cm³/mol. The maximum atomic E-state index is 13.8. The second-order valence-corrected chi connectivity index (χ2v) is 9.78. The Bertz CT molecular complexity index is 1540. The Morgan fingerprint density at radius 3 is 2.46 bits per heavy atom. The monoisotopic (exact) mass is 578 g/mol. The van der Waals surface area contributed by atoms with Crippen molar-refractivity contribution in [3.05, 3.63) is 105 Å². The van der Waals surface area contributed by atoms with E-state index in [0.717, 1.165) is 28.1 Å². The highest BCUT2D eigenvalue weighted by Crippen LogP contribution is 2.25. The van der Waals surface area contributed by atoms with E-state index < -0.39 is 10.8 Å². The molecule has 10 nitrogen and oxygen atoms in total. The summed E-state index contributed by atoms with van der Waals surface area (Å²) in [6.45, 7) is 0.739. The molecule has 4 rings (SSSR count). The van der Waals surface area contributed by atoms with Gasteiger partial charge in [-0.2, -0.15) is 0 Å². The minimum atomic E-state index is -0.588. The highest BCUT2D eigenvalue weighted by Gasteiger charge is 2.25. The molecule has 3 aromatic carbocycles. The van der Waals surface area contributed by atoms with Crippen molar-refractivity contribution in [3.63, 3.8) is 0 Å². The Labute approximate surface area is 242 Å². The number of nitro benzene ring substituents is 1. The largest absolute Gasteiger partial charge is 0.496 e. The van der Waals surface area contributed by atoms with Crippen molar-refractivity contribution in [2.24, 2.45) is 0 Å². The third kappa shape index (κ3) is 7.22. The fourth-order valence-electron chi connectivity index (χ4n) is 4.60. The molecule has 0 aliphatic carbocycles. The fraction of sp³-hybridized carbons (Fsp3) is 0.267. The molecule has 0 aliphatic heterocycles. The number of para-hydroxylation sites is 2. The summed E-state index contributed by atoms with van der Waals surface area (Å²) in [6.07, 6.45) is 2.53. The first-order chi connectivity index (χ1) is 19.8. The maximum absolute atomic E-state index is 13.8. The molecular weight excluding hydrogens is 548 g/mol. The normalized spacial score (nSPS) is 10.9. The molecule has 0 atom stereocenters. The number of rotatable bonds is 13. The zero-order valence-corrected chi connectivity index (χ0v) is 23.6. The van der Waals surface area contributed by atoms with E-state index in [9.17, 15) is 19.7 Å². The molecule has 4 aromatic rings. The van der Waals surface area contributed by atoms with Crippen molar-refractivity contribution in [3.8, 4) is 5.75 Å². The third-order valence-electron chi connectivity index (χ3n) is 6.80. The van der Waals surface area contributed by atoms with Crippen LogP contribution in [0.2, 0.25) is 5.02 Å². The molecule has 214 valence electrons. The molecule has 2 amide bonds. The van der Waals surface area contributed by atoms with Gasteiger partial charge in [-0.3, -0.25) is 19.7 Å². The summed E-state index contributed by atoms with van der Waals surface area (Å²) in [5, 5.41) is 12.1. The number of non-ortho nitro benzene ring substituents is 1. The highest BCUT2D eigenvalue weighted by molar-refractivity contribution is 6.34. The first-order valence-electron chi connectivity index (χ1n) is 13.0. The smallest absolute Gasteiger partial charge is 0.270 e. The van der Waals surface area contributed by atoms with Crippen LogP contribution in [0, 0.1) is 10.1 Å². The molecule has 1 heterocycles. The second kappa shape index (κ2) is 13.8. The Hall–Kier alpha value is -4.41. The van der Waals surface area contributed by atoms with E-state index in [4.69, 9.17) is 21.1 Å². The van der Waals surface area contributed by atoms with Crippen molar-refractivity contribution in [2.45, 2.75) is 13.0 Å². The van der Waals surface area contributed by atoms with Crippen molar-refractivity contribution < 1.29 is 24.0 Å². The average molecular weight is 579 g/mol. The molecule has 0 unspecified atom stereocenters. The Morgan fingerprint density at radius 1 is 0.976 bits per heavy atom. The second-order valence-electron chi connectivity index (χ2n) is 9.38. The third-order valence-corrected chi connectivity index (χ3v) is 7.12. The number of aromatic nitrogens is 1. The van der Waals surface area contributed by atoms with E-state index in [1.54, 1.807) is 12.0 Å². The minimum absolute atomic E-state index is 0.0655. The molecule has 41 heavy (non-hydrogen) atoms. The fourth-order valence-corrected chi connectivity index (χ4v) is 4.86. The number of halogens is 1. The van der Waals surface area contributed by atoms with Crippen molar-refractivity contribution >= 4 is 40.0 Å². The molecule has 0 bridgehead atoms. The molecule has 11 heteroatoms. The van der Waals surface area contributed by atoms with Gasteiger partial charge in [0.25, 0.3) is 11.6 Å².